The average Bonchev–Trinajstić information content (AvgIpc) is 2.77. The van der Waals surface area contributed by atoms with Crippen molar-refractivity contribution in [2.45, 2.75) is 25.4 Å². The van der Waals surface area contributed by atoms with Crippen LogP contribution in [-0.4, -0.2) is 69.1 Å². The molecule has 4 rings (SSSR count). The van der Waals surface area contributed by atoms with Gasteiger partial charge in [0, 0.05) is 30.8 Å². The van der Waals surface area contributed by atoms with Gasteiger partial charge in [-0.05, 0) is 31.4 Å². The lowest BCUT2D eigenvalue weighted by molar-refractivity contribution is -0.140. The van der Waals surface area contributed by atoms with Crippen molar-refractivity contribution < 1.29 is 24.6 Å². The number of aliphatic hydroxyl groups excluding tert-OH is 1. The van der Waals surface area contributed by atoms with Gasteiger partial charge in [-0.25, -0.2) is 4.98 Å². The van der Waals surface area contributed by atoms with E-state index in [-0.39, 0.29) is 18.3 Å². The first kappa shape index (κ1) is 22.2. The number of carboxylic acid groups (broad SMARTS) is 1. The number of aliphatic hydroxyl groups is 1. The Morgan fingerprint density at radius 3 is 2.48 bits per heavy atom. The number of anilines is 1. The van der Waals surface area contributed by atoms with E-state index in [2.05, 4.69) is 15.3 Å². The van der Waals surface area contributed by atoms with Crippen LogP contribution in [0.5, 0.6) is 0 Å². The summed E-state index contributed by atoms with van der Waals surface area (Å²) >= 11 is 0. The van der Waals surface area contributed by atoms with Crippen LogP contribution < -0.4 is 11.1 Å². The molecule has 2 aliphatic heterocycles. The summed E-state index contributed by atoms with van der Waals surface area (Å²) in [6.07, 6.45) is 4.20. The van der Waals surface area contributed by atoms with E-state index >= 15 is 0 Å². The molecule has 0 radical (unpaired) electrons. The second kappa shape index (κ2) is 9.52. The number of carbonyl (C=O) groups excluding carboxylic acids is 2. The molecule has 164 valence electrons. The van der Waals surface area contributed by atoms with Crippen LogP contribution in [0.1, 0.15) is 29.6 Å². The highest BCUT2D eigenvalue weighted by Gasteiger charge is 2.45. The second-order valence-corrected chi connectivity index (χ2v) is 7.65. The number of β-amino-alcohol motifs (C(OH)–C–C–N with tert-alkyl or cyclic N) is 1. The number of nitrogens with one attached hydrogen (secondary N) is 1. The minimum Gasteiger partial charge on any atom is -0.483 e. The summed E-state index contributed by atoms with van der Waals surface area (Å²) in [6.45, 7) is 1.07. The minimum atomic E-state index is -0.551. The SMILES string of the molecule is Nc1cncc(-c2ccc(C(=O)N3CCC4(CC3)CC(O)CNC4=O)cc2)n1.O=CO. The molecule has 2 amide bonds. The van der Waals surface area contributed by atoms with Crippen molar-refractivity contribution in [1.29, 1.82) is 0 Å². The molecule has 1 unspecified atom stereocenters. The molecule has 31 heavy (non-hydrogen) atoms. The Balaban J connectivity index is 0.000000858. The molecule has 2 fully saturated rings. The number of hydrogen-bond donors (Lipinski definition) is 4. The van der Waals surface area contributed by atoms with Crippen LogP contribution in [0.15, 0.2) is 36.7 Å². The predicted octanol–water partition coefficient (Wildman–Crippen LogP) is 0.530. The smallest absolute Gasteiger partial charge is 0.290 e. The fraction of sp³-hybridized carbons (Fsp3) is 0.381. The Morgan fingerprint density at radius 1 is 1.23 bits per heavy atom. The lowest BCUT2D eigenvalue weighted by Crippen LogP contribution is -2.56. The van der Waals surface area contributed by atoms with Crippen molar-refractivity contribution in [3.63, 3.8) is 0 Å². The molecule has 1 aromatic heterocycles. The zero-order valence-corrected chi connectivity index (χ0v) is 16.9. The van der Waals surface area contributed by atoms with E-state index in [0.29, 0.717) is 56.0 Å². The Bertz CT molecular complexity index is 941. The van der Waals surface area contributed by atoms with Gasteiger partial charge in [0.25, 0.3) is 12.4 Å². The molecule has 1 spiro atoms. The monoisotopic (exact) mass is 427 g/mol. The number of rotatable bonds is 2. The van der Waals surface area contributed by atoms with Crippen molar-refractivity contribution in [1.82, 2.24) is 20.2 Å². The van der Waals surface area contributed by atoms with Gasteiger partial charge in [0.2, 0.25) is 5.91 Å². The van der Waals surface area contributed by atoms with Crippen LogP contribution in [-0.2, 0) is 9.59 Å². The Labute approximate surface area is 179 Å². The number of aromatic nitrogens is 2. The van der Waals surface area contributed by atoms with E-state index in [1.54, 1.807) is 23.2 Å². The Hall–Kier alpha value is -3.53. The van der Waals surface area contributed by atoms with Gasteiger partial charge < -0.3 is 26.2 Å². The summed E-state index contributed by atoms with van der Waals surface area (Å²) in [5.74, 6) is 0.283. The third-order valence-corrected chi connectivity index (χ3v) is 5.69. The van der Waals surface area contributed by atoms with Crippen LogP contribution in [0.3, 0.4) is 0 Å². The van der Waals surface area contributed by atoms with Crippen molar-refractivity contribution >= 4 is 24.1 Å². The molecule has 0 aliphatic carbocycles. The van der Waals surface area contributed by atoms with E-state index in [9.17, 15) is 14.7 Å². The van der Waals surface area contributed by atoms with Crippen molar-refractivity contribution in [2.75, 3.05) is 25.4 Å². The highest BCUT2D eigenvalue weighted by molar-refractivity contribution is 5.95. The molecular weight excluding hydrogens is 402 g/mol. The summed E-state index contributed by atoms with van der Waals surface area (Å²) in [5, 5.41) is 19.6. The van der Waals surface area contributed by atoms with E-state index in [0.717, 1.165) is 5.56 Å². The number of benzene rings is 1. The molecule has 2 aromatic rings. The average molecular weight is 427 g/mol. The first-order valence-electron chi connectivity index (χ1n) is 9.90. The van der Waals surface area contributed by atoms with Crippen molar-refractivity contribution in [2.24, 2.45) is 5.41 Å². The fourth-order valence-electron chi connectivity index (χ4n) is 4.07. The number of amides is 2. The molecule has 3 heterocycles. The third-order valence-electron chi connectivity index (χ3n) is 5.69. The molecule has 10 nitrogen and oxygen atoms in total. The van der Waals surface area contributed by atoms with Crippen molar-refractivity contribution in [3.05, 3.63) is 42.2 Å². The molecule has 2 aliphatic rings. The zero-order valence-electron chi connectivity index (χ0n) is 16.9. The summed E-state index contributed by atoms with van der Waals surface area (Å²) in [7, 11) is 0. The maximum atomic E-state index is 12.8. The number of nitrogens with zero attached hydrogens (tertiary/aromatic N) is 3. The van der Waals surface area contributed by atoms with Crippen LogP contribution in [0, 0.1) is 5.41 Å². The van der Waals surface area contributed by atoms with Gasteiger partial charge in [0.15, 0.2) is 0 Å². The van der Waals surface area contributed by atoms with E-state index in [1.807, 2.05) is 12.1 Å². The van der Waals surface area contributed by atoms with Crippen LogP contribution >= 0.6 is 0 Å². The molecule has 1 atom stereocenters. The predicted molar refractivity (Wildman–Crippen MR) is 112 cm³/mol. The highest BCUT2D eigenvalue weighted by atomic mass is 16.3. The van der Waals surface area contributed by atoms with Gasteiger partial charge in [-0.15, -0.1) is 0 Å². The lowest BCUT2D eigenvalue weighted by Gasteiger charge is -2.44. The van der Waals surface area contributed by atoms with Crippen LogP contribution in [0.2, 0.25) is 0 Å². The molecule has 1 aromatic carbocycles. The number of carbonyl (C=O) groups is 3. The molecular formula is C21H25N5O5. The molecule has 5 N–H and O–H groups in total. The maximum Gasteiger partial charge on any atom is 0.290 e. The standard InChI is InChI=1S/C20H23N5O3.CH2O2/c21-17-12-22-11-16(24-17)13-1-3-14(4-2-13)18(27)25-7-5-20(6-8-25)9-15(26)10-23-19(20)28;2-1-3/h1-4,11-12,15,26H,5-10H2,(H2,21,24)(H,23,28);1H,(H,2,3). The van der Waals surface area contributed by atoms with Gasteiger partial charge in [-0.1, -0.05) is 12.1 Å². The molecule has 0 saturated carbocycles. The topological polar surface area (TPSA) is 159 Å². The second-order valence-electron chi connectivity index (χ2n) is 7.65. The third kappa shape index (κ3) is 4.97. The summed E-state index contributed by atoms with van der Waals surface area (Å²) in [6, 6.07) is 7.19. The van der Waals surface area contributed by atoms with Crippen molar-refractivity contribution in [3.8, 4) is 11.3 Å². The lowest BCUT2D eigenvalue weighted by atomic mass is 9.71. The summed E-state index contributed by atoms with van der Waals surface area (Å²) < 4.78 is 0. The molecule has 2 saturated heterocycles. The first-order chi connectivity index (χ1) is 14.9. The zero-order chi connectivity index (χ0) is 22.4. The maximum absolute atomic E-state index is 12.8. The van der Waals surface area contributed by atoms with Gasteiger partial charge >= 0.3 is 0 Å². The van der Waals surface area contributed by atoms with Gasteiger partial charge in [0.05, 0.1) is 29.6 Å². The summed E-state index contributed by atoms with van der Waals surface area (Å²) in [5.41, 5.74) is 7.20. The molecule has 10 heteroatoms. The van der Waals surface area contributed by atoms with Crippen LogP contribution in [0.25, 0.3) is 11.3 Å². The highest BCUT2D eigenvalue weighted by Crippen LogP contribution is 2.38. The summed E-state index contributed by atoms with van der Waals surface area (Å²) in [4.78, 5) is 43.6. The fourth-order valence-corrected chi connectivity index (χ4v) is 4.07. The number of piperidine rings is 2. The molecule has 0 bridgehead atoms. The quantitative estimate of drug-likeness (QED) is 0.505. The Morgan fingerprint density at radius 2 is 1.87 bits per heavy atom. The van der Waals surface area contributed by atoms with Gasteiger partial charge in [0.1, 0.15) is 5.82 Å². The van der Waals surface area contributed by atoms with E-state index < -0.39 is 11.5 Å². The minimum absolute atomic E-state index is 0.00232. The normalized spacial score (nSPS) is 19.7. The number of nitrogen functional groups attached to an aromatic ring is 1. The van der Waals surface area contributed by atoms with E-state index in [4.69, 9.17) is 15.6 Å². The van der Waals surface area contributed by atoms with E-state index in [1.165, 1.54) is 6.20 Å². The van der Waals surface area contributed by atoms with Gasteiger partial charge in [-0.2, -0.15) is 0 Å². The largest absolute Gasteiger partial charge is 0.483 e. The number of likely N-dealkylation sites (tertiary alicyclic amines) is 1. The first-order valence-corrected chi connectivity index (χ1v) is 9.90. The Kier molecular flexibility index (Phi) is 6.81. The number of hydrogen-bond acceptors (Lipinski definition) is 7. The van der Waals surface area contributed by atoms with Gasteiger partial charge in [-0.3, -0.25) is 19.4 Å². The number of nitrogens with two attached hydrogens (primary N) is 1. The van der Waals surface area contributed by atoms with Crippen LogP contribution in [0.4, 0.5) is 5.82 Å².